The second kappa shape index (κ2) is 8.88. The highest BCUT2D eigenvalue weighted by Gasteiger charge is 2.19. The Bertz CT molecular complexity index is 536. The molecule has 0 aromatic carbocycles. The highest BCUT2D eigenvalue weighted by Crippen LogP contribution is 2.43. The Balaban J connectivity index is 2.27. The molecular formula is C20H30S2. The minimum Gasteiger partial charge on any atom is -0.144 e. The van der Waals surface area contributed by atoms with E-state index in [-0.39, 0.29) is 0 Å². The molecule has 22 heavy (non-hydrogen) atoms. The Hall–Kier alpha value is -0.600. The summed E-state index contributed by atoms with van der Waals surface area (Å²) in [7, 11) is 0. The number of rotatable bonds is 9. The molecule has 0 saturated carbocycles. The van der Waals surface area contributed by atoms with E-state index in [9.17, 15) is 0 Å². The van der Waals surface area contributed by atoms with E-state index in [1.165, 1.54) is 49.0 Å². The lowest BCUT2D eigenvalue weighted by Crippen LogP contribution is -1.92. The van der Waals surface area contributed by atoms with Crippen molar-refractivity contribution in [1.29, 1.82) is 0 Å². The average Bonchev–Trinajstić information content (AvgIpc) is 3.18. The lowest BCUT2D eigenvalue weighted by molar-refractivity contribution is 0.631. The first kappa shape index (κ1) is 17.7. The molecule has 0 saturated heterocycles. The lowest BCUT2D eigenvalue weighted by Gasteiger charge is -2.11. The van der Waals surface area contributed by atoms with Crippen molar-refractivity contribution in [2.24, 2.45) is 0 Å². The molecule has 0 bridgehead atoms. The summed E-state index contributed by atoms with van der Waals surface area (Å²) in [6, 6.07) is 6.95. The van der Waals surface area contributed by atoms with E-state index in [2.05, 4.69) is 62.6 Å². The molecule has 2 atom stereocenters. The van der Waals surface area contributed by atoms with Crippen LogP contribution < -0.4 is 0 Å². The Morgan fingerprint density at radius 1 is 1.00 bits per heavy atom. The molecule has 0 amide bonds. The molecule has 0 fully saturated rings. The van der Waals surface area contributed by atoms with Gasteiger partial charge < -0.3 is 0 Å². The number of hydrogen-bond donors (Lipinski definition) is 0. The maximum Gasteiger partial charge on any atom is 0.0354 e. The second-order valence-electron chi connectivity index (χ2n) is 6.49. The van der Waals surface area contributed by atoms with Gasteiger partial charge in [-0.3, -0.25) is 0 Å². The number of unbranched alkanes of at least 4 members (excludes halogenated alkanes) is 2. The number of hydrogen-bond acceptors (Lipinski definition) is 2. The third-order valence-electron chi connectivity index (χ3n) is 4.48. The van der Waals surface area contributed by atoms with Crippen LogP contribution in [0, 0.1) is 0 Å². The fraction of sp³-hybridized carbons (Fsp3) is 0.600. The standard InChI is InChI=1S/C20H30S2/c1-5-7-10-15(3)19-14-17(18-12-9-13-21-18)20(22-19)16(4)11-8-6-2/h9,12-16H,5-8,10-11H2,1-4H3. The molecule has 0 N–H and O–H groups in total. The Morgan fingerprint density at radius 3 is 2.27 bits per heavy atom. The molecule has 2 aromatic heterocycles. The molecule has 2 aromatic rings. The largest absolute Gasteiger partial charge is 0.144 e. The fourth-order valence-electron chi connectivity index (χ4n) is 2.95. The summed E-state index contributed by atoms with van der Waals surface area (Å²) >= 11 is 3.96. The molecule has 2 unspecified atom stereocenters. The molecule has 0 nitrogen and oxygen atoms in total. The van der Waals surface area contributed by atoms with Crippen molar-refractivity contribution in [3.63, 3.8) is 0 Å². The summed E-state index contributed by atoms with van der Waals surface area (Å²) in [5, 5.41) is 2.20. The van der Waals surface area contributed by atoms with Gasteiger partial charge in [0.2, 0.25) is 0 Å². The van der Waals surface area contributed by atoms with Gasteiger partial charge in [-0.15, -0.1) is 22.7 Å². The van der Waals surface area contributed by atoms with E-state index < -0.39 is 0 Å². The van der Waals surface area contributed by atoms with Crippen LogP contribution in [0.1, 0.15) is 87.8 Å². The summed E-state index contributed by atoms with van der Waals surface area (Å²) in [5.41, 5.74) is 1.52. The molecule has 2 heteroatoms. The van der Waals surface area contributed by atoms with Crippen molar-refractivity contribution in [1.82, 2.24) is 0 Å². The Labute approximate surface area is 144 Å². The van der Waals surface area contributed by atoms with Crippen LogP contribution in [0.5, 0.6) is 0 Å². The average molecular weight is 335 g/mol. The first-order chi connectivity index (χ1) is 10.7. The Kier molecular flexibility index (Phi) is 7.17. The van der Waals surface area contributed by atoms with Crippen molar-refractivity contribution in [3.05, 3.63) is 33.3 Å². The van der Waals surface area contributed by atoms with Gasteiger partial charge in [-0.2, -0.15) is 0 Å². The quantitative estimate of drug-likeness (QED) is 0.435. The number of thiophene rings is 2. The SMILES string of the molecule is CCCCC(C)c1cc(-c2cccs2)c(C(C)CCCC)s1. The minimum atomic E-state index is 0.689. The van der Waals surface area contributed by atoms with E-state index in [4.69, 9.17) is 0 Å². The summed E-state index contributed by atoms with van der Waals surface area (Å²) in [5.74, 6) is 1.39. The predicted molar refractivity (Wildman–Crippen MR) is 104 cm³/mol. The van der Waals surface area contributed by atoms with Crippen LogP contribution in [0.4, 0.5) is 0 Å². The summed E-state index contributed by atoms with van der Waals surface area (Å²) in [6.45, 7) is 9.40. The first-order valence-electron chi connectivity index (χ1n) is 8.84. The first-order valence-corrected chi connectivity index (χ1v) is 10.5. The van der Waals surface area contributed by atoms with Crippen LogP contribution in [0.25, 0.3) is 10.4 Å². The normalized spacial score (nSPS) is 14.2. The van der Waals surface area contributed by atoms with Gasteiger partial charge in [-0.1, -0.05) is 59.4 Å². The van der Waals surface area contributed by atoms with E-state index in [1.807, 2.05) is 11.3 Å². The summed E-state index contributed by atoms with van der Waals surface area (Å²) < 4.78 is 0. The minimum absolute atomic E-state index is 0.689. The predicted octanol–water partition coefficient (Wildman–Crippen LogP) is 8.06. The van der Waals surface area contributed by atoms with Gasteiger partial charge in [0.05, 0.1) is 0 Å². The van der Waals surface area contributed by atoms with E-state index >= 15 is 0 Å². The molecular weight excluding hydrogens is 304 g/mol. The van der Waals surface area contributed by atoms with E-state index in [0.29, 0.717) is 11.8 Å². The van der Waals surface area contributed by atoms with Crippen molar-refractivity contribution in [2.45, 2.75) is 78.1 Å². The van der Waals surface area contributed by atoms with Gasteiger partial charge in [0.15, 0.2) is 0 Å². The van der Waals surface area contributed by atoms with Crippen LogP contribution in [0.2, 0.25) is 0 Å². The zero-order chi connectivity index (χ0) is 15.9. The molecule has 2 heterocycles. The van der Waals surface area contributed by atoms with Gasteiger partial charge >= 0.3 is 0 Å². The molecule has 122 valence electrons. The zero-order valence-electron chi connectivity index (χ0n) is 14.5. The maximum atomic E-state index is 2.49. The van der Waals surface area contributed by atoms with Crippen molar-refractivity contribution in [3.8, 4) is 10.4 Å². The van der Waals surface area contributed by atoms with Crippen molar-refractivity contribution >= 4 is 22.7 Å². The third kappa shape index (κ3) is 4.45. The summed E-state index contributed by atoms with van der Waals surface area (Å²) in [6.07, 6.45) is 7.91. The topological polar surface area (TPSA) is 0 Å². The van der Waals surface area contributed by atoms with Crippen molar-refractivity contribution < 1.29 is 0 Å². The zero-order valence-corrected chi connectivity index (χ0v) is 16.2. The molecule has 2 rings (SSSR count). The van der Waals surface area contributed by atoms with Crippen LogP contribution in [0.3, 0.4) is 0 Å². The molecule has 0 aliphatic carbocycles. The summed E-state index contributed by atoms with van der Waals surface area (Å²) in [4.78, 5) is 4.66. The maximum absolute atomic E-state index is 2.49. The molecule has 0 spiro atoms. The van der Waals surface area contributed by atoms with E-state index in [1.54, 1.807) is 9.75 Å². The lowest BCUT2D eigenvalue weighted by atomic mass is 9.97. The van der Waals surface area contributed by atoms with Gasteiger partial charge in [0.25, 0.3) is 0 Å². The monoisotopic (exact) mass is 334 g/mol. The highest BCUT2D eigenvalue weighted by atomic mass is 32.1. The van der Waals surface area contributed by atoms with E-state index in [0.717, 1.165) is 0 Å². The molecule has 0 aliphatic rings. The van der Waals surface area contributed by atoms with Crippen LogP contribution >= 0.6 is 22.7 Å². The van der Waals surface area contributed by atoms with Crippen molar-refractivity contribution in [2.75, 3.05) is 0 Å². The van der Waals surface area contributed by atoms with Gasteiger partial charge in [-0.25, -0.2) is 0 Å². The van der Waals surface area contributed by atoms with Gasteiger partial charge in [0, 0.05) is 20.2 Å². The molecule has 0 aliphatic heterocycles. The van der Waals surface area contributed by atoms with Gasteiger partial charge in [-0.05, 0) is 42.2 Å². The van der Waals surface area contributed by atoms with Crippen LogP contribution in [0.15, 0.2) is 23.6 Å². The fourth-order valence-corrected chi connectivity index (χ4v) is 5.12. The Morgan fingerprint density at radius 2 is 1.68 bits per heavy atom. The second-order valence-corrected chi connectivity index (χ2v) is 8.55. The van der Waals surface area contributed by atoms with Crippen LogP contribution in [-0.2, 0) is 0 Å². The smallest absolute Gasteiger partial charge is 0.0354 e. The van der Waals surface area contributed by atoms with Crippen LogP contribution in [-0.4, -0.2) is 0 Å². The third-order valence-corrected chi connectivity index (χ3v) is 6.98. The molecule has 0 radical (unpaired) electrons. The van der Waals surface area contributed by atoms with Gasteiger partial charge in [0.1, 0.15) is 0 Å². The highest BCUT2D eigenvalue weighted by molar-refractivity contribution is 7.15.